The molecule has 0 saturated heterocycles. The fourth-order valence-electron chi connectivity index (χ4n) is 2.39. The highest BCUT2D eigenvalue weighted by Crippen LogP contribution is 2.15. The Morgan fingerprint density at radius 1 is 1.13 bits per heavy atom. The number of nitrogens with one attached hydrogen (secondary N) is 1. The van der Waals surface area contributed by atoms with E-state index >= 15 is 0 Å². The lowest BCUT2D eigenvalue weighted by Crippen LogP contribution is -2.35. The van der Waals surface area contributed by atoms with Crippen molar-refractivity contribution < 1.29 is 9.00 Å². The van der Waals surface area contributed by atoms with Gasteiger partial charge in [-0.05, 0) is 36.8 Å². The number of carbonyl (C=O) groups excluding carboxylic acids is 1. The average molecular weight is 330 g/mol. The van der Waals surface area contributed by atoms with Gasteiger partial charge < -0.3 is 10.2 Å². The molecule has 1 N–H and O–H groups in total. The molecule has 0 unspecified atom stereocenters. The Morgan fingerprint density at radius 2 is 1.87 bits per heavy atom. The van der Waals surface area contributed by atoms with Gasteiger partial charge in [0.15, 0.2) is 0 Å². The molecule has 0 radical (unpaired) electrons. The molecule has 2 rings (SSSR count). The zero-order valence-electron chi connectivity index (χ0n) is 13.5. The van der Waals surface area contributed by atoms with Gasteiger partial charge >= 0.3 is 0 Å². The normalized spacial score (nSPS) is 11.7. The molecule has 0 aromatic heterocycles. The number of anilines is 2. The van der Waals surface area contributed by atoms with Crippen LogP contribution in [0.5, 0.6) is 0 Å². The number of amides is 1. The van der Waals surface area contributed by atoms with Crippen LogP contribution in [0, 0.1) is 0 Å². The van der Waals surface area contributed by atoms with Crippen molar-refractivity contribution in [2.24, 2.45) is 0 Å². The Balaban J connectivity index is 1.99. The van der Waals surface area contributed by atoms with Gasteiger partial charge in [-0.3, -0.25) is 9.00 Å². The van der Waals surface area contributed by atoms with Gasteiger partial charge in [0.25, 0.3) is 0 Å². The predicted molar refractivity (Wildman–Crippen MR) is 97.2 cm³/mol. The highest BCUT2D eigenvalue weighted by molar-refractivity contribution is 7.83. The smallest absolute Gasteiger partial charge is 0.246 e. The summed E-state index contributed by atoms with van der Waals surface area (Å²) in [4.78, 5) is 14.2. The van der Waals surface area contributed by atoms with Crippen LogP contribution >= 0.6 is 0 Å². The molecule has 0 spiro atoms. The van der Waals surface area contributed by atoms with Crippen molar-refractivity contribution in [2.75, 3.05) is 29.6 Å². The summed E-state index contributed by atoms with van der Waals surface area (Å²) in [5.41, 5.74) is 2.76. The summed E-state index contributed by atoms with van der Waals surface area (Å²) in [6.07, 6.45) is 1.68. The summed E-state index contributed by atoms with van der Waals surface area (Å²) >= 11 is 0. The molecule has 4 nitrogen and oxygen atoms in total. The Bertz CT molecular complexity index is 674. The van der Waals surface area contributed by atoms with Crippen LogP contribution in [-0.4, -0.2) is 29.5 Å². The van der Waals surface area contributed by atoms with E-state index in [4.69, 9.17) is 0 Å². The molecule has 1 atom stereocenters. The van der Waals surface area contributed by atoms with E-state index in [1.54, 1.807) is 11.2 Å². The third-order valence-electron chi connectivity index (χ3n) is 3.43. The van der Waals surface area contributed by atoms with Crippen LogP contribution in [0.15, 0.2) is 54.6 Å². The second-order valence-corrected chi connectivity index (χ2v) is 6.68. The molecule has 23 heavy (non-hydrogen) atoms. The molecule has 0 bridgehead atoms. The minimum absolute atomic E-state index is 0.0168. The zero-order chi connectivity index (χ0) is 16.7. The van der Waals surface area contributed by atoms with Gasteiger partial charge in [0.05, 0.1) is 6.54 Å². The molecule has 5 heteroatoms. The maximum Gasteiger partial charge on any atom is 0.246 e. The molecule has 0 saturated carbocycles. The van der Waals surface area contributed by atoms with E-state index in [-0.39, 0.29) is 12.5 Å². The molecule has 0 fully saturated rings. The van der Waals surface area contributed by atoms with Crippen LogP contribution in [0.1, 0.15) is 12.5 Å². The van der Waals surface area contributed by atoms with Crippen LogP contribution in [0.25, 0.3) is 0 Å². The Kier molecular flexibility index (Phi) is 6.35. The van der Waals surface area contributed by atoms with Crippen molar-refractivity contribution in [1.29, 1.82) is 0 Å². The molecular weight excluding hydrogens is 308 g/mol. The zero-order valence-corrected chi connectivity index (χ0v) is 14.3. The van der Waals surface area contributed by atoms with Crippen molar-refractivity contribution >= 4 is 28.1 Å². The van der Waals surface area contributed by atoms with E-state index in [9.17, 15) is 9.00 Å². The molecule has 0 aliphatic rings. The van der Waals surface area contributed by atoms with Gasteiger partial charge in [0.1, 0.15) is 0 Å². The Morgan fingerprint density at radius 3 is 2.52 bits per heavy atom. The number of nitrogens with zero attached hydrogens (tertiary/aromatic N) is 1. The van der Waals surface area contributed by atoms with Crippen molar-refractivity contribution in [2.45, 2.75) is 12.7 Å². The average Bonchev–Trinajstić information content (AvgIpc) is 2.54. The fraction of sp³-hybridized carbons (Fsp3) is 0.278. The second-order valence-electron chi connectivity index (χ2n) is 5.25. The fourth-order valence-corrected chi connectivity index (χ4v) is 3.04. The monoisotopic (exact) mass is 330 g/mol. The van der Waals surface area contributed by atoms with Crippen molar-refractivity contribution in [3.05, 3.63) is 60.2 Å². The molecule has 122 valence electrons. The number of carbonyl (C=O) groups is 1. The SMILES string of the molecule is CCN(C(=O)CNc1cccc(C[S@](C)=O)c1)c1ccccc1. The third kappa shape index (κ3) is 5.21. The molecule has 2 aromatic rings. The van der Waals surface area contributed by atoms with Gasteiger partial charge in [0.2, 0.25) is 5.91 Å². The van der Waals surface area contributed by atoms with Crippen LogP contribution in [0.3, 0.4) is 0 Å². The van der Waals surface area contributed by atoms with Crippen LogP contribution in [0.4, 0.5) is 11.4 Å². The lowest BCUT2D eigenvalue weighted by molar-refractivity contribution is -0.116. The first-order chi connectivity index (χ1) is 11.1. The third-order valence-corrected chi connectivity index (χ3v) is 4.17. The summed E-state index contributed by atoms with van der Waals surface area (Å²) in [6, 6.07) is 17.3. The number of para-hydroxylation sites is 1. The summed E-state index contributed by atoms with van der Waals surface area (Å²) in [5.74, 6) is 0.539. The first-order valence-corrected chi connectivity index (χ1v) is 9.31. The maximum absolute atomic E-state index is 12.4. The first-order valence-electron chi connectivity index (χ1n) is 7.58. The first kappa shape index (κ1) is 17.2. The Labute approximate surface area is 140 Å². The summed E-state index contributed by atoms with van der Waals surface area (Å²) in [7, 11) is -0.874. The predicted octanol–water partition coefficient (Wildman–Crippen LogP) is 3.03. The maximum atomic E-state index is 12.4. The molecule has 2 aromatic carbocycles. The van der Waals surface area contributed by atoms with E-state index in [2.05, 4.69) is 5.32 Å². The van der Waals surface area contributed by atoms with Gasteiger partial charge in [-0.15, -0.1) is 0 Å². The largest absolute Gasteiger partial charge is 0.376 e. The molecule has 0 aliphatic heterocycles. The van der Waals surface area contributed by atoms with E-state index in [0.717, 1.165) is 16.9 Å². The Hall–Kier alpha value is -2.14. The number of hydrogen-bond donors (Lipinski definition) is 1. The lowest BCUT2D eigenvalue weighted by Gasteiger charge is -2.21. The minimum atomic E-state index is -0.874. The van der Waals surface area contributed by atoms with E-state index in [1.165, 1.54) is 0 Å². The van der Waals surface area contributed by atoms with Crippen LogP contribution in [-0.2, 0) is 21.3 Å². The van der Waals surface area contributed by atoms with Crippen molar-refractivity contribution in [1.82, 2.24) is 0 Å². The van der Waals surface area contributed by atoms with E-state index < -0.39 is 10.8 Å². The van der Waals surface area contributed by atoms with Gasteiger partial charge in [-0.2, -0.15) is 0 Å². The summed E-state index contributed by atoms with van der Waals surface area (Å²) in [6.45, 7) is 2.81. The summed E-state index contributed by atoms with van der Waals surface area (Å²) < 4.78 is 11.3. The van der Waals surface area contributed by atoms with Gasteiger partial charge in [-0.25, -0.2) is 0 Å². The molecule has 0 aliphatic carbocycles. The number of rotatable bonds is 7. The quantitative estimate of drug-likeness (QED) is 0.849. The molecule has 1 amide bonds. The van der Waals surface area contributed by atoms with E-state index in [0.29, 0.717) is 12.3 Å². The van der Waals surface area contributed by atoms with Gasteiger partial charge in [0, 0.05) is 40.7 Å². The molecule has 0 heterocycles. The van der Waals surface area contributed by atoms with Crippen molar-refractivity contribution in [3.63, 3.8) is 0 Å². The lowest BCUT2D eigenvalue weighted by atomic mass is 10.2. The minimum Gasteiger partial charge on any atom is -0.376 e. The summed E-state index contributed by atoms with van der Waals surface area (Å²) in [5, 5.41) is 3.15. The number of likely N-dealkylation sites (N-methyl/N-ethyl adjacent to an activating group) is 1. The van der Waals surface area contributed by atoms with Crippen LogP contribution < -0.4 is 10.2 Å². The number of benzene rings is 2. The van der Waals surface area contributed by atoms with E-state index in [1.807, 2.05) is 61.5 Å². The highest BCUT2D eigenvalue weighted by Gasteiger charge is 2.13. The molecular formula is C18H22N2O2S. The second kappa shape index (κ2) is 8.48. The van der Waals surface area contributed by atoms with Crippen molar-refractivity contribution in [3.8, 4) is 0 Å². The highest BCUT2D eigenvalue weighted by atomic mass is 32.2. The van der Waals surface area contributed by atoms with Gasteiger partial charge in [-0.1, -0.05) is 30.3 Å². The number of hydrogen-bond acceptors (Lipinski definition) is 3. The van der Waals surface area contributed by atoms with Crippen LogP contribution in [0.2, 0.25) is 0 Å². The standard InChI is InChI=1S/C18H22N2O2S/c1-3-20(17-10-5-4-6-11-17)18(21)13-19-16-9-7-8-15(12-16)14-23(2)22/h4-12,19H,3,13-14H2,1-2H3/t23-/m0/s1. The topological polar surface area (TPSA) is 49.4 Å².